The number of likely N-dealkylation sites (N-methyl/N-ethyl adjacent to an activating group) is 1. The first kappa shape index (κ1) is 13.2. The highest BCUT2D eigenvalue weighted by Crippen LogP contribution is 2.30. The molecule has 1 rings (SSSR count). The minimum atomic E-state index is -0.547. The maximum atomic E-state index is 11.1. The van der Waals surface area contributed by atoms with Crippen LogP contribution in [0.4, 0.5) is 11.4 Å². The SMILES string of the molecule is COC(=O)CN(C)c1ccc(Cl)cc1[N+](=O)[O-]. The van der Waals surface area contributed by atoms with E-state index in [0.29, 0.717) is 5.69 Å². The first-order valence-electron chi connectivity index (χ1n) is 4.67. The van der Waals surface area contributed by atoms with Crippen molar-refractivity contribution in [3.8, 4) is 0 Å². The van der Waals surface area contributed by atoms with Crippen LogP contribution in [-0.2, 0) is 9.53 Å². The molecule has 0 aliphatic carbocycles. The number of hydrogen-bond donors (Lipinski definition) is 0. The zero-order valence-electron chi connectivity index (χ0n) is 9.34. The number of carbonyl (C=O) groups excluding carboxylic acids is 1. The fourth-order valence-corrected chi connectivity index (χ4v) is 1.48. The minimum Gasteiger partial charge on any atom is -0.468 e. The number of anilines is 1. The van der Waals surface area contributed by atoms with Crippen LogP contribution in [0, 0.1) is 10.1 Å². The van der Waals surface area contributed by atoms with E-state index in [1.165, 1.54) is 30.2 Å². The monoisotopic (exact) mass is 258 g/mol. The molecule has 1 aromatic carbocycles. The van der Waals surface area contributed by atoms with Crippen LogP contribution in [0.5, 0.6) is 0 Å². The highest BCUT2D eigenvalue weighted by atomic mass is 35.5. The summed E-state index contributed by atoms with van der Waals surface area (Å²) in [4.78, 5) is 22.8. The molecular formula is C10H11ClN2O4. The lowest BCUT2D eigenvalue weighted by Crippen LogP contribution is -2.26. The van der Waals surface area contributed by atoms with Gasteiger partial charge in [0.15, 0.2) is 0 Å². The van der Waals surface area contributed by atoms with E-state index in [2.05, 4.69) is 4.74 Å². The molecule has 0 amide bonds. The molecule has 0 heterocycles. The van der Waals surface area contributed by atoms with E-state index in [4.69, 9.17) is 11.6 Å². The van der Waals surface area contributed by atoms with E-state index in [0.717, 1.165) is 0 Å². The molecule has 92 valence electrons. The lowest BCUT2D eigenvalue weighted by atomic mass is 10.2. The summed E-state index contributed by atoms with van der Waals surface area (Å²) in [6, 6.07) is 4.26. The third-order valence-electron chi connectivity index (χ3n) is 2.14. The Morgan fingerprint density at radius 2 is 2.24 bits per heavy atom. The highest BCUT2D eigenvalue weighted by Gasteiger charge is 2.19. The standard InChI is InChI=1S/C10H11ClN2O4/c1-12(6-10(14)17-2)8-4-3-7(11)5-9(8)13(15)16/h3-5H,6H2,1-2H3. The topological polar surface area (TPSA) is 72.7 Å². The van der Waals surface area contributed by atoms with Crippen molar-refractivity contribution in [2.45, 2.75) is 0 Å². The summed E-state index contributed by atoms with van der Waals surface area (Å²) >= 11 is 5.68. The van der Waals surface area contributed by atoms with E-state index in [1.807, 2.05) is 0 Å². The van der Waals surface area contributed by atoms with Crippen LogP contribution in [0.15, 0.2) is 18.2 Å². The molecule has 0 aromatic heterocycles. The van der Waals surface area contributed by atoms with Crippen LogP contribution in [0.2, 0.25) is 5.02 Å². The molecule has 0 unspecified atom stereocenters. The molecule has 6 nitrogen and oxygen atoms in total. The molecule has 0 radical (unpaired) electrons. The van der Waals surface area contributed by atoms with Gasteiger partial charge >= 0.3 is 5.97 Å². The van der Waals surface area contributed by atoms with E-state index < -0.39 is 10.9 Å². The lowest BCUT2D eigenvalue weighted by molar-refractivity contribution is -0.384. The summed E-state index contributed by atoms with van der Waals surface area (Å²) < 4.78 is 4.49. The minimum absolute atomic E-state index is 0.0705. The molecular weight excluding hydrogens is 248 g/mol. The molecule has 1 aromatic rings. The van der Waals surface area contributed by atoms with Gasteiger partial charge in [0.05, 0.1) is 12.0 Å². The number of hydrogen-bond acceptors (Lipinski definition) is 5. The smallest absolute Gasteiger partial charge is 0.325 e. The molecule has 7 heteroatoms. The molecule has 17 heavy (non-hydrogen) atoms. The predicted octanol–water partition coefficient (Wildman–Crippen LogP) is 1.86. The fourth-order valence-electron chi connectivity index (χ4n) is 1.31. The number of methoxy groups -OCH3 is 1. The number of benzene rings is 1. The van der Waals surface area contributed by atoms with Crippen molar-refractivity contribution in [2.75, 3.05) is 25.6 Å². The van der Waals surface area contributed by atoms with Gasteiger partial charge in [0.25, 0.3) is 5.69 Å². The van der Waals surface area contributed by atoms with Gasteiger partial charge in [0, 0.05) is 18.1 Å². The summed E-state index contributed by atoms with van der Waals surface area (Å²) in [6.45, 7) is -0.0705. The Kier molecular flexibility index (Phi) is 4.28. The van der Waals surface area contributed by atoms with Gasteiger partial charge in [-0.05, 0) is 12.1 Å². The third-order valence-corrected chi connectivity index (χ3v) is 2.37. The Hall–Kier alpha value is -1.82. The average Bonchev–Trinajstić information content (AvgIpc) is 2.28. The van der Waals surface area contributed by atoms with Crippen LogP contribution >= 0.6 is 11.6 Å². The number of carbonyl (C=O) groups is 1. The Balaban J connectivity index is 3.04. The number of esters is 1. The van der Waals surface area contributed by atoms with E-state index >= 15 is 0 Å². The lowest BCUT2D eigenvalue weighted by Gasteiger charge is -2.17. The Bertz CT molecular complexity index is 450. The Morgan fingerprint density at radius 1 is 1.59 bits per heavy atom. The van der Waals surface area contributed by atoms with Gasteiger partial charge < -0.3 is 9.64 Å². The summed E-state index contributed by atoms with van der Waals surface area (Å²) in [5.74, 6) is -0.475. The normalized spacial score (nSPS) is 9.82. The van der Waals surface area contributed by atoms with Crippen molar-refractivity contribution >= 4 is 28.9 Å². The Labute approximate surface area is 103 Å². The van der Waals surface area contributed by atoms with Gasteiger partial charge in [-0.1, -0.05) is 11.6 Å². The third kappa shape index (κ3) is 3.32. The van der Waals surface area contributed by atoms with Gasteiger partial charge in [0.1, 0.15) is 12.2 Å². The second-order valence-electron chi connectivity index (χ2n) is 3.32. The second kappa shape index (κ2) is 5.49. The van der Waals surface area contributed by atoms with E-state index in [-0.39, 0.29) is 17.3 Å². The van der Waals surface area contributed by atoms with Crippen molar-refractivity contribution in [3.63, 3.8) is 0 Å². The molecule has 0 spiro atoms. The van der Waals surface area contributed by atoms with E-state index in [1.54, 1.807) is 7.05 Å². The van der Waals surface area contributed by atoms with Crippen molar-refractivity contribution in [1.82, 2.24) is 0 Å². The fraction of sp³-hybridized carbons (Fsp3) is 0.300. The van der Waals surface area contributed by atoms with Crippen molar-refractivity contribution < 1.29 is 14.5 Å². The Morgan fingerprint density at radius 3 is 2.76 bits per heavy atom. The van der Waals surface area contributed by atoms with Gasteiger partial charge in [-0.3, -0.25) is 14.9 Å². The van der Waals surface area contributed by atoms with Crippen LogP contribution in [0.25, 0.3) is 0 Å². The first-order chi connectivity index (χ1) is 7.95. The van der Waals surface area contributed by atoms with E-state index in [9.17, 15) is 14.9 Å². The zero-order chi connectivity index (χ0) is 13.0. The van der Waals surface area contributed by atoms with Crippen LogP contribution < -0.4 is 4.90 Å². The number of nitro groups is 1. The highest BCUT2D eigenvalue weighted by molar-refractivity contribution is 6.30. The summed E-state index contributed by atoms with van der Waals surface area (Å²) in [5.41, 5.74) is 0.161. The van der Waals surface area contributed by atoms with Gasteiger partial charge in [-0.15, -0.1) is 0 Å². The molecule has 0 atom stereocenters. The summed E-state index contributed by atoms with van der Waals surface area (Å²) in [7, 11) is 2.82. The van der Waals surface area contributed by atoms with Gasteiger partial charge in [-0.25, -0.2) is 0 Å². The summed E-state index contributed by atoms with van der Waals surface area (Å²) in [5, 5.41) is 11.1. The van der Waals surface area contributed by atoms with Crippen LogP contribution in [0.1, 0.15) is 0 Å². The largest absolute Gasteiger partial charge is 0.468 e. The quantitative estimate of drug-likeness (QED) is 0.468. The molecule has 0 saturated heterocycles. The first-order valence-corrected chi connectivity index (χ1v) is 5.05. The zero-order valence-corrected chi connectivity index (χ0v) is 10.1. The maximum absolute atomic E-state index is 11.1. The number of rotatable bonds is 4. The summed E-state index contributed by atoms with van der Waals surface area (Å²) in [6.07, 6.45) is 0. The second-order valence-corrected chi connectivity index (χ2v) is 3.76. The average molecular weight is 259 g/mol. The number of nitrogens with zero attached hydrogens (tertiary/aromatic N) is 2. The van der Waals surface area contributed by atoms with Gasteiger partial charge in [-0.2, -0.15) is 0 Å². The van der Waals surface area contributed by atoms with Gasteiger partial charge in [0.2, 0.25) is 0 Å². The molecule has 0 aliphatic rings. The van der Waals surface area contributed by atoms with Crippen molar-refractivity contribution in [2.24, 2.45) is 0 Å². The molecule has 0 bridgehead atoms. The van der Waals surface area contributed by atoms with Crippen LogP contribution in [0.3, 0.4) is 0 Å². The van der Waals surface area contributed by atoms with Crippen molar-refractivity contribution in [3.05, 3.63) is 33.3 Å². The van der Waals surface area contributed by atoms with Crippen LogP contribution in [-0.4, -0.2) is 31.6 Å². The van der Waals surface area contributed by atoms with Crippen molar-refractivity contribution in [1.29, 1.82) is 0 Å². The molecule has 0 saturated carbocycles. The number of nitro benzene ring substituents is 1. The predicted molar refractivity (Wildman–Crippen MR) is 63.4 cm³/mol. The molecule has 0 fully saturated rings. The maximum Gasteiger partial charge on any atom is 0.325 e. The number of halogens is 1. The molecule has 0 N–H and O–H groups in total. The number of ether oxygens (including phenoxy) is 1. The molecule has 0 aliphatic heterocycles.